The molecule has 2 aromatic rings. The number of aryl methyl sites for hydroxylation is 1. The van der Waals surface area contributed by atoms with Crippen molar-refractivity contribution in [2.24, 2.45) is 10.7 Å². The van der Waals surface area contributed by atoms with Crippen LogP contribution >= 0.6 is 0 Å². The van der Waals surface area contributed by atoms with Gasteiger partial charge in [0.1, 0.15) is 5.76 Å². The third-order valence-electron chi connectivity index (χ3n) is 3.34. The van der Waals surface area contributed by atoms with Crippen LogP contribution in [0.2, 0.25) is 0 Å². The van der Waals surface area contributed by atoms with Crippen LogP contribution in [0.25, 0.3) is 0 Å². The van der Waals surface area contributed by atoms with E-state index in [9.17, 15) is 0 Å². The summed E-state index contributed by atoms with van der Waals surface area (Å²) in [6.45, 7) is 3.73. The van der Waals surface area contributed by atoms with Gasteiger partial charge in [0.05, 0.1) is 18.9 Å². The van der Waals surface area contributed by atoms with Gasteiger partial charge in [-0.2, -0.15) is 0 Å². The Bertz CT molecular complexity index is 696. The molecule has 1 aliphatic heterocycles. The van der Waals surface area contributed by atoms with Gasteiger partial charge < -0.3 is 25.0 Å². The van der Waals surface area contributed by atoms with E-state index in [1.54, 1.807) is 0 Å². The maximum absolute atomic E-state index is 5.90. The molecule has 7 heteroatoms. The van der Waals surface area contributed by atoms with E-state index < -0.39 is 0 Å². The lowest BCUT2D eigenvalue weighted by atomic mass is 10.3. The molecule has 0 amide bonds. The molecule has 2 heterocycles. The number of fused-ring (bicyclic) bond motifs is 1. The second-order valence-corrected chi connectivity index (χ2v) is 5.29. The highest BCUT2D eigenvalue weighted by atomic mass is 16.5. The molecule has 0 saturated heterocycles. The first-order valence-electron chi connectivity index (χ1n) is 7.59. The van der Waals surface area contributed by atoms with E-state index in [1.165, 1.54) is 0 Å². The first-order valence-corrected chi connectivity index (χ1v) is 7.59. The van der Waals surface area contributed by atoms with Crippen molar-refractivity contribution in [2.75, 3.05) is 25.1 Å². The van der Waals surface area contributed by atoms with Gasteiger partial charge in [-0.15, -0.1) is 0 Å². The largest absolute Gasteiger partial charge is 0.490 e. The number of nitrogens with two attached hydrogens (primary N) is 1. The fourth-order valence-electron chi connectivity index (χ4n) is 2.25. The minimum Gasteiger partial charge on any atom is -0.490 e. The van der Waals surface area contributed by atoms with Crippen molar-refractivity contribution in [2.45, 2.75) is 19.8 Å². The molecule has 0 spiro atoms. The topological polar surface area (TPSA) is 94.9 Å². The maximum atomic E-state index is 5.90. The minimum absolute atomic E-state index is 0.343. The average Bonchev–Trinajstić information content (AvgIpc) is 2.81. The van der Waals surface area contributed by atoms with Crippen LogP contribution in [-0.2, 0) is 6.42 Å². The lowest BCUT2D eigenvalue weighted by Gasteiger charge is -2.10. The molecule has 122 valence electrons. The molecular weight excluding hydrogens is 296 g/mol. The molecule has 0 unspecified atom stereocenters. The number of rotatable bonds is 4. The smallest absolute Gasteiger partial charge is 0.193 e. The predicted octanol–water partition coefficient (Wildman–Crippen LogP) is 2.11. The number of anilines is 1. The summed E-state index contributed by atoms with van der Waals surface area (Å²) in [5.41, 5.74) is 7.58. The summed E-state index contributed by atoms with van der Waals surface area (Å²) in [4.78, 5) is 4.28. The van der Waals surface area contributed by atoms with Gasteiger partial charge in [0.2, 0.25) is 0 Å². The number of hydrogen-bond acceptors (Lipinski definition) is 5. The van der Waals surface area contributed by atoms with Crippen molar-refractivity contribution in [3.63, 3.8) is 0 Å². The van der Waals surface area contributed by atoms with Gasteiger partial charge in [0.25, 0.3) is 0 Å². The van der Waals surface area contributed by atoms with Crippen LogP contribution in [-0.4, -0.2) is 30.9 Å². The fourth-order valence-corrected chi connectivity index (χ4v) is 2.25. The number of guanidine groups is 1. The summed E-state index contributed by atoms with van der Waals surface area (Å²) in [7, 11) is 0. The summed E-state index contributed by atoms with van der Waals surface area (Å²) in [5.74, 6) is 2.62. The van der Waals surface area contributed by atoms with Gasteiger partial charge in [-0.1, -0.05) is 5.16 Å². The Morgan fingerprint density at radius 3 is 2.87 bits per heavy atom. The van der Waals surface area contributed by atoms with Gasteiger partial charge in [-0.25, -0.2) is 0 Å². The molecule has 1 aliphatic rings. The Morgan fingerprint density at radius 2 is 2.09 bits per heavy atom. The average molecular weight is 316 g/mol. The SMILES string of the molecule is Cc1cc(CCN=C(N)Nc2ccc3c(c2)OCCCO3)on1. The first-order chi connectivity index (χ1) is 11.2. The summed E-state index contributed by atoms with van der Waals surface area (Å²) in [5, 5.41) is 6.88. The summed E-state index contributed by atoms with van der Waals surface area (Å²) in [6.07, 6.45) is 1.53. The molecule has 3 N–H and O–H groups in total. The molecule has 3 rings (SSSR count). The molecule has 0 fully saturated rings. The number of benzene rings is 1. The molecule has 0 aliphatic carbocycles. The Morgan fingerprint density at radius 1 is 1.26 bits per heavy atom. The highest BCUT2D eigenvalue weighted by molar-refractivity contribution is 5.92. The number of aliphatic imine (C=N–C) groups is 1. The van der Waals surface area contributed by atoms with Crippen molar-refractivity contribution < 1.29 is 14.0 Å². The second-order valence-electron chi connectivity index (χ2n) is 5.29. The van der Waals surface area contributed by atoms with E-state index in [1.807, 2.05) is 31.2 Å². The highest BCUT2D eigenvalue weighted by Gasteiger charge is 2.10. The molecule has 1 aromatic heterocycles. The van der Waals surface area contributed by atoms with Crippen LogP contribution in [0.5, 0.6) is 11.5 Å². The molecule has 7 nitrogen and oxygen atoms in total. The Balaban J connectivity index is 1.57. The molecule has 23 heavy (non-hydrogen) atoms. The third kappa shape index (κ3) is 4.15. The monoisotopic (exact) mass is 316 g/mol. The van der Waals surface area contributed by atoms with E-state index >= 15 is 0 Å². The van der Waals surface area contributed by atoms with Crippen LogP contribution in [0.4, 0.5) is 5.69 Å². The third-order valence-corrected chi connectivity index (χ3v) is 3.34. The Labute approximate surface area is 134 Å². The number of nitrogens with one attached hydrogen (secondary N) is 1. The lowest BCUT2D eigenvalue weighted by molar-refractivity contribution is 0.297. The van der Waals surface area contributed by atoms with E-state index in [2.05, 4.69) is 15.5 Å². The lowest BCUT2D eigenvalue weighted by Crippen LogP contribution is -2.23. The van der Waals surface area contributed by atoms with Crippen LogP contribution in [0, 0.1) is 6.92 Å². The van der Waals surface area contributed by atoms with E-state index in [0.29, 0.717) is 32.1 Å². The molecule has 0 atom stereocenters. The number of aromatic nitrogens is 1. The quantitative estimate of drug-likeness (QED) is 0.662. The van der Waals surface area contributed by atoms with Gasteiger partial charge in [-0.3, -0.25) is 4.99 Å². The fraction of sp³-hybridized carbons (Fsp3) is 0.375. The van der Waals surface area contributed by atoms with E-state index in [4.69, 9.17) is 19.7 Å². The summed E-state index contributed by atoms with van der Waals surface area (Å²) < 4.78 is 16.4. The molecule has 0 bridgehead atoms. The van der Waals surface area contributed by atoms with E-state index in [-0.39, 0.29) is 0 Å². The van der Waals surface area contributed by atoms with Crippen LogP contribution in [0.15, 0.2) is 33.8 Å². The zero-order valence-electron chi connectivity index (χ0n) is 13.0. The number of ether oxygens (including phenoxy) is 2. The van der Waals surface area contributed by atoms with Crippen molar-refractivity contribution in [3.8, 4) is 11.5 Å². The normalized spacial score (nSPS) is 14.4. The van der Waals surface area contributed by atoms with Crippen molar-refractivity contribution >= 4 is 11.6 Å². The van der Waals surface area contributed by atoms with Gasteiger partial charge >= 0.3 is 0 Å². The standard InChI is InChI=1S/C16H20N4O3/c1-11-9-13(23-20-11)5-6-18-16(17)19-12-3-4-14-15(10-12)22-8-2-7-21-14/h3-4,9-10H,2,5-8H2,1H3,(H3,17,18,19). The van der Waals surface area contributed by atoms with Crippen molar-refractivity contribution in [1.82, 2.24) is 5.16 Å². The van der Waals surface area contributed by atoms with Gasteiger partial charge in [0.15, 0.2) is 17.5 Å². The van der Waals surface area contributed by atoms with Crippen molar-refractivity contribution in [3.05, 3.63) is 35.7 Å². The second kappa shape index (κ2) is 7.04. The molecular formula is C16H20N4O3. The summed E-state index contributed by atoms with van der Waals surface area (Å²) >= 11 is 0. The zero-order chi connectivity index (χ0) is 16.1. The first kappa shape index (κ1) is 15.2. The highest BCUT2D eigenvalue weighted by Crippen LogP contribution is 2.32. The number of hydrogen-bond donors (Lipinski definition) is 2. The van der Waals surface area contributed by atoms with Crippen LogP contribution < -0.4 is 20.5 Å². The molecule has 1 aromatic carbocycles. The molecule has 0 radical (unpaired) electrons. The summed E-state index contributed by atoms with van der Waals surface area (Å²) in [6, 6.07) is 7.51. The minimum atomic E-state index is 0.343. The maximum Gasteiger partial charge on any atom is 0.193 e. The van der Waals surface area contributed by atoms with E-state index in [0.717, 1.165) is 35.1 Å². The Kier molecular flexibility index (Phi) is 4.65. The van der Waals surface area contributed by atoms with Gasteiger partial charge in [0, 0.05) is 37.2 Å². The molecule has 0 saturated carbocycles. The predicted molar refractivity (Wildman–Crippen MR) is 87.1 cm³/mol. The zero-order valence-corrected chi connectivity index (χ0v) is 13.0. The van der Waals surface area contributed by atoms with Crippen LogP contribution in [0.1, 0.15) is 17.9 Å². The van der Waals surface area contributed by atoms with Crippen molar-refractivity contribution in [1.29, 1.82) is 0 Å². The van der Waals surface area contributed by atoms with Crippen LogP contribution in [0.3, 0.4) is 0 Å². The number of nitrogens with zero attached hydrogens (tertiary/aromatic N) is 2. The Hall–Kier alpha value is -2.70. The van der Waals surface area contributed by atoms with Gasteiger partial charge in [-0.05, 0) is 19.1 Å².